The van der Waals surface area contributed by atoms with E-state index in [2.05, 4.69) is 0 Å². The van der Waals surface area contributed by atoms with E-state index in [0.717, 1.165) is 16.8 Å². The van der Waals surface area contributed by atoms with Crippen molar-refractivity contribution in [3.63, 3.8) is 0 Å². The molecule has 34 heavy (non-hydrogen) atoms. The molecule has 0 amide bonds. The molecule has 182 valence electrons. The lowest BCUT2D eigenvalue weighted by Gasteiger charge is -2.33. The SMILES string of the molecule is COc1ccc(C2CC3=C(CCC(C(F)(F)F)C3)N2c2cccc(C(=O)O)c2)c(OC)c1OC. The summed E-state index contributed by atoms with van der Waals surface area (Å²) in [6.07, 6.45) is -3.72. The van der Waals surface area contributed by atoms with Crippen LogP contribution in [0.5, 0.6) is 17.2 Å². The number of anilines is 1. The van der Waals surface area contributed by atoms with Crippen molar-refractivity contribution in [2.24, 2.45) is 5.92 Å². The zero-order valence-electron chi connectivity index (χ0n) is 19.1. The maximum absolute atomic E-state index is 13.5. The molecule has 0 spiro atoms. The lowest BCUT2D eigenvalue weighted by atomic mass is 9.85. The fourth-order valence-electron chi connectivity index (χ4n) is 5.05. The van der Waals surface area contributed by atoms with Gasteiger partial charge in [-0.2, -0.15) is 13.2 Å². The van der Waals surface area contributed by atoms with Crippen molar-refractivity contribution in [1.82, 2.24) is 0 Å². The molecule has 1 N–H and O–H groups in total. The molecule has 0 bridgehead atoms. The topological polar surface area (TPSA) is 68.2 Å². The molecule has 0 fully saturated rings. The molecule has 1 aliphatic heterocycles. The molecule has 2 atom stereocenters. The largest absolute Gasteiger partial charge is 0.493 e. The molecule has 0 radical (unpaired) electrons. The molecule has 0 saturated carbocycles. The van der Waals surface area contributed by atoms with Crippen LogP contribution in [0.2, 0.25) is 0 Å². The summed E-state index contributed by atoms with van der Waals surface area (Å²) in [4.78, 5) is 13.6. The van der Waals surface area contributed by atoms with Gasteiger partial charge in [0.2, 0.25) is 5.75 Å². The average molecular weight is 477 g/mol. The zero-order valence-corrected chi connectivity index (χ0v) is 19.1. The van der Waals surface area contributed by atoms with E-state index in [1.165, 1.54) is 27.4 Å². The Labute approximate surface area is 195 Å². The van der Waals surface area contributed by atoms with Crippen molar-refractivity contribution in [2.75, 3.05) is 26.2 Å². The van der Waals surface area contributed by atoms with Crippen LogP contribution in [0, 0.1) is 5.92 Å². The second-order valence-electron chi connectivity index (χ2n) is 8.40. The Morgan fingerprint density at radius 3 is 2.38 bits per heavy atom. The Bertz CT molecular complexity index is 1130. The van der Waals surface area contributed by atoms with Crippen molar-refractivity contribution < 1.29 is 37.3 Å². The first-order chi connectivity index (χ1) is 16.2. The number of benzene rings is 2. The summed E-state index contributed by atoms with van der Waals surface area (Å²) in [6.45, 7) is 0. The number of aromatic carboxylic acids is 1. The van der Waals surface area contributed by atoms with Gasteiger partial charge < -0.3 is 24.2 Å². The minimum absolute atomic E-state index is 0.00670. The Morgan fingerprint density at radius 1 is 1.03 bits per heavy atom. The van der Waals surface area contributed by atoms with E-state index in [0.29, 0.717) is 29.4 Å². The monoisotopic (exact) mass is 477 g/mol. The van der Waals surface area contributed by atoms with Crippen molar-refractivity contribution in [1.29, 1.82) is 0 Å². The van der Waals surface area contributed by atoms with Crippen LogP contribution in [0.1, 0.15) is 47.6 Å². The van der Waals surface area contributed by atoms with Crippen LogP contribution in [0.3, 0.4) is 0 Å². The Kier molecular flexibility index (Phi) is 6.38. The number of methoxy groups -OCH3 is 3. The second-order valence-corrected chi connectivity index (χ2v) is 8.40. The van der Waals surface area contributed by atoms with E-state index < -0.39 is 24.1 Å². The van der Waals surface area contributed by atoms with Crippen LogP contribution in [-0.2, 0) is 0 Å². The lowest BCUT2D eigenvalue weighted by Crippen LogP contribution is -2.28. The standard InChI is InChI=1S/C25H26F3NO5/c1-32-21-10-8-18(22(33-2)23(21)34-3)20-13-15-11-16(25(26,27)28)7-9-19(15)29(20)17-6-4-5-14(12-17)24(30)31/h4-6,8,10,12,16,20H,7,9,11,13H2,1-3H3,(H,30,31). The molecule has 0 aromatic heterocycles. The summed E-state index contributed by atoms with van der Waals surface area (Å²) in [5, 5.41) is 9.49. The van der Waals surface area contributed by atoms with Crippen molar-refractivity contribution in [3.8, 4) is 17.2 Å². The highest BCUT2D eigenvalue weighted by Gasteiger charge is 2.46. The number of carboxylic acid groups (broad SMARTS) is 1. The van der Waals surface area contributed by atoms with Crippen LogP contribution < -0.4 is 19.1 Å². The number of carbonyl (C=O) groups is 1. The van der Waals surface area contributed by atoms with Gasteiger partial charge in [-0.05, 0) is 61.6 Å². The van der Waals surface area contributed by atoms with Gasteiger partial charge in [-0.3, -0.25) is 0 Å². The normalized spacial score (nSPS) is 20.2. The van der Waals surface area contributed by atoms with Gasteiger partial charge in [0.25, 0.3) is 0 Å². The minimum atomic E-state index is -4.26. The van der Waals surface area contributed by atoms with Crippen molar-refractivity contribution >= 4 is 11.7 Å². The zero-order chi connectivity index (χ0) is 24.6. The predicted molar refractivity (Wildman–Crippen MR) is 120 cm³/mol. The van der Waals surface area contributed by atoms with Crippen LogP contribution >= 0.6 is 0 Å². The average Bonchev–Trinajstić information content (AvgIpc) is 3.21. The number of hydrogen-bond donors (Lipinski definition) is 1. The van der Waals surface area contributed by atoms with Crippen LogP contribution in [0.4, 0.5) is 18.9 Å². The van der Waals surface area contributed by atoms with Gasteiger partial charge in [0.1, 0.15) is 0 Å². The van der Waals surface area contributed by atoms with Gasteiger partial charge in [0.15, 0.2) is 11.5 Å². The third kappa shape index (κ3) is 4.15. The van der Waals surface area contributed by atoms with Gasteiger partial charge in [-0.1, -0.05) is 6.07 Å². The predicted octanol–water partition coefficient (Wildman–Crippen LogP) is 5.98. The van der Waals surface area contributed by atoms with Gasteiger partial charge in [-0.25, -0.2) is 4.79 Å². The van der Waals surface area contributed by atoms with E-state index >= 15 is 0 Å². The van der Waals surface area contributed by atoms with E-state index in [9.17, 15) is 23.1 Å². The molecule has 2 aromatic rings. The smallest absolute Gasteiger partial charge is 0.392 e. The highest BCUT2D eigenvalue weighted by molar-refractivity contribution is 5.89. The first kappa shape index (κ1) is 23.8. The lowest BCUT2D eigenvalue weighted by molar-refractivity contribution is -0.176. The molecule has 2 aliphatic rings. The number of ether oxygens (including phenoxy) is 3. The summed E-state index contributed by atoms with van der Waals surface area (Å²) < 4.78 is 57.2. The third-order valence-electron chi connectivity index (χ3n) is 6.60. The summed E-state index contributed by atoms with van der Waals surface area (Å²) in [5.74, 6) is -1.17. The van der Waals surface area contributed by atoms with Gasteiger partial charge in [-0.15, -0.1) is 0 Å². The highest BCUT2D eigenvalue weighted by Crippen LogP contribution is 2.54. The van der Waals surface area contributed by atoms with E-state index in [4.69, 9.17) is 14.2 Å². The second kappa shape index (κ2) is 9.12. The Morgan fingerprint density at radius 2 is 1.76 bits per heavy atom. The number of hydrogen-bond acceptors (Lipinski definition) is 5. The quantitative estimate of drug-likeness (QED) is 0.552. The molecule has 4 rings (SSSR count). The first-order valence-electron chi connectivity index (χ1n) is 10.9. The molecule has 1 heterocycles. The van der Waals surface area contributed by atoms with Gasteiger partial charge in [0, 0.05) is 16.9 Å². The summed E-state index contributed by atoms with van der Waals surface area (Å²) in [7, 11) is 4.50. The number of alkyl halides is 3. The molecular formula is C25H26F3NO5. The first-order valence-corrected chi connectivity index (χ1v) is 10.9. The molecule has 9 heteroatoms. The van der Waals surface area contributed by atoms with Crippen molar-refractivity contribution in [3.05, 3.63) is 58.8 Å². The number of halogens is 3. The molecule has 2 aromatic carbocycles. The minimum Gasteiger partial charge on any atom is -0.493 e. The molecule has 0 saturated heterocycles. The molecular weight excluding hydrogens is 451 g/mol. The van der Waals surface area contributed by atoms with Gasteiger partial charge >= 0.3 is 12.1 Å². The molecule has 6 nitrogen and oxygen atoms in total. The summed E-state index contributed by atoms with van der Waals surface area (Å²) in [5.41, 5.74) is 2.98. The van der Waals surface area contributed by atoms with E-state index in [1.807, 2.05) is 11.0 Å². The maximum atomic E-state index is 13.5. The van der Waals surface area contributed by atoms with Crippen LogP contribution in [-0.4, -0.2) is 38.6 Å². The third-order valence-corrected chi connectivity index (χ3v) is 6.60. The fourth-order valence-corrected chi connectivity index (χ4v) is 5.05. The number of nitrogens with zero attached hydrogens (tertiary/aromatic N) is 1. The summed E-state index contributed by atoms with van der Waals surface area (Å²) in [6, 6.07) is 9.62. The summed E-state index contributed by atoms with van der Waals surface area (Å²) >= 11 is 0. The van der Waals surface area contributed by atoms with E-state index in [-0.39, 0.29) is 24.8 Å². The van der Waals surface area contributed by atoms with Crippen molar-refractivity contribution in [2.45, 2.75) is 37.9 Å². The number of rotatable bonds is 6. The van der Waals surface area contributed by atoms with Crippen LogP contribution in [0.25, 0.3) is 0 Å². The maximum Gasteiger partial charge on any atom is 0.392 e. The van der Waals surface area contributed by atoms with E-state index in [1.54, 1.807) is 24.3 Å². The van der Waals surface area contributed by atoms with Gasteiger partial charge in [0.05, 0.1) is 38.9 Å². The fraction of sp³-hybridized carbons (Fsp3) is 0.400. The number of carboxylic acids is 1. The molecule has 2 unspecified atom stereocenters. The van der Waals surface area contributed by atoms with Crippen LogP contribution in [0.15, 0.2) is 47.7 Å². The Hall–Kier alpha value is -3.36. The molecule has 1 aliphatic carbocycles. The number of allylic oxidation sites excluding steroid dienone is 1. The Balaban J connectivity index is 1.85. The highest BCUT2D eigenvalue weighted by atomic mass is 19.4.